The zero-order valence-electron chi connectivity index (χ0n) is 16.8. The Hall–Kier alpha value is -1.11. The quantitative estimate of drug-likeness (QED) is 0.763. The van der Waals surface area contributed by atoms with Gasteiger partial charge in [-0.2, -0.15) is 0 Å². The lowest BCUT2D eigenvalue weighted by Gasteiger charge is -2.46. The van der Waals surface area contributed by atoms with Crippen LogP contribution in [0.25, 0.3) is 0 Å². The summed E-state index contributed by atoms with van der Waals surface area (Å²) in [5.41, 5.74) is 2.46. The Morgan fingerprint density at radius 3 is 2.88 bits per heavy atom. The Labute approximate surface area is 162 Å². The van der Waals surface area contributed by atoms with Gasteiger partial charge in [-0.05, 0) is 39.2 Å². The average Bonchev–Trinajstić information content (AvgIpc) is 3.27. The van der Waals surface area contributed by atoms with Gasteiger partial charge in [-0.3, -0.25) is 4.90 Å². The van der Waals surface area contributed by atoms with Gasteiger partial charge in [0, 0.05) is 55.4 Å². The summed E-state index contributed by atoms with van der Waals surface area (Å²) in [6, 6.07) is 1.62. The van der Waals surface area contributed by atoms with Crippen LogP contribution in [0.4, 0.5) is 5.13 Å². The highest BCUT2D eigenvalue weighted by Crippen LogP contribution is 2.25. The molecule has 6 heteroatoms. The molecule has 0 saturated carbocycles. The molecule has 0 radical (unpaired) electrons. The first-order valence-electron chi connectivity index (χ1n) is 10.0. The Balaban J connectivity index is 1.52. The number of nitrogens with one attached hydrogen (secondary N) is 2. The number of rotatable bonds is 7. The molecule has 1 aromatic heterocycles. The molecule has 2 saturated heterocycles. The monoisotopic (exact) mass is 377 g/mol. The van der Waals surface area contributed by atoms with Gasteiger partial charge in [0.1, 0.15) is 0 Å². The molecule has 5 nitrogen and oxygen atoms in total. The fraction of sp³-hybridized carbons (Fsp3) is 0.750. The van der Waals surface area contributed by atoms with Crippen LogP contribution in [0, 0.1) is 5.92 Å². The fourth-order valence-electron chi connectivity index (χ4n) is 3.96. The number of allylic oxidation sites excluding steroid dienone is 1. The lowest BCUT2D eigenvalue weighted by Crippen LogP contribution is -2.55. The molecule has 2 aliphatic heterocycles. The van der Waals surface area contributed by atoms with E-state index in [1.165, 1.54) is 24.2 Å². The molecular formula is C20H35N5S. The normalized spacial score (nSPS) is 27.3. The number of nitrogens with zero attached hydrogens (tertiary/aromatic N) is 3. The average molecular weight is 378 g/mol. The molecule has 3 rings (SSSR count). The highest BCUT2D eigenvalue weighted by Gasteiger charge is 2.30. The Morgan fingerprint density at radius 1 is 1.38 bits per heavy atom. The minimum absolute atomic E-state index is 0.505. The van der Waals surface area contributed by atoms with E-state index in [1.54, 1.807) is 11.3 Å². The lowest BCUT2D eigenvalue weighted by molar-refractivity contribution is 0.0532. The molecule has 0 aromatic carbocycles. The molecule has 3 atom stereocenters. The van der Waals surface area contributed by atoms with Gasteiger partial charge >= 0.3 is 0 Å². The third-order valence-electron chi connectivity index (χ3n) is 5.73. The summed E-state index contributed by atoms with van der Waals surface area (Å²) in [5.74, 6) is 0.512. The van der Waals surface area contributed by atoms with E-state index in [-0.39, 0.29) is 0 Å². The van der Waals surface area contributed by atoms with Crippen molar-refractivity contribution in [1.82, 2.24) is 20.1 Å². The second-order valence-electron chi connectivity index (χ2n) is 8.24. The molecule has 0 bridgehead atoms. The first-order chi connectivity index (χ1) is 12.4. The largest absolute Gasteiger partial charge is 0.370 e. The molecule has 146 valence electrons. The van der Waals surface area contributed by atoms with E-state index in [9.17, 15) is 0 Å². The fourth-order valence-corrected chi connectivity index (χ4v) is 4.67. The van der Waals surface area contributed by atoms with Gasteiger partial charge in [0.15, 0.2) is 5.13 Å². The van der Waals surface area contributed by atoms with Crippen LogP contribution in [0.1, 0.15) is 46.2 Å². The van der Waals surface area contributed by atoms with E-state index in [0.29, 0.717) is 24.0 Å². The molecule has 1 aromatic rings. The van der Waals surface area contributed by atoms with E-state index >= 15 is 0 Å². The second kappa shape index (κ2) is 8.72. The molecule has 26 heavy (non-hydrogen) atoms. The van der Waals surface area contributed by atoms with E-state index in [4.69, 9.17) is 4.98 Å². The highest BCUT2D eigenvalue weighted by atomic mass is 32.1. The van der Waals surface area contributed by atoms with Crippen molar-refractivity contribution >= 4 is 16.5 Å². The van der Waals surface area contributed by atoms with Gasteiger partial charge in [-0.15, -0.1) is 11.3 Å². The van der Waals surface area contributed by atoms with Crippen molar-refractivity contribution in [3.05, 3.63) is 23.3 Å². The number of anilines is 1. The standard InChI is InChI=1S/C20H35N5S/c1-14(2)17(5)25-11-15(3)24(10-16(25)4)12-19-13-26-20(23-19)22-9-18-7-6-8-21-18/h13-16,18,21H,5-12H2,1-4H3,(H,22,23). The van der Waals surface area contributed by atoms with Gasteiger partial charge in [0.2, 0.25) is 0 Å². The first kappa shape index (κ1) is 19.6. The molecule has 2 N–H and O–H groups in total. The van der Waals surface area contributed by atoms with Gasteiger partial charge in [-0.1, -0.05) is 20.4 Å². The Kier molecular flexibility index (Phi) is 6.59. The molecular weight excluding hydrogens is 342 g/mol. The van der Waals surface area contributed by atoms with Gasteiger partial charge in [0.25, 0.3) is 0 Å². The smallest absolute Gasteiger partial charge is 0.182 e. The van der Waals surface area contributed by atoms with Crippen LogP contribution in [-0.2, 0) is 6.54 Å². The minimum Gasteiger partial charge on any atom is -0.370 e. The molecule has 0 spiro atoms. The maximum Gasteiger partial charge on any atom is 0.182 e. The maximum atomic E-state index is 4.81. The number of hydrogen-bond donors (Lipinski definition) is 2. The summed E-state index contributed by atoms with van der Waals surface area (Å²) in [6.07, 6.45) is 2.56. The van der Waals surface area contributed by atoms with Crippen LogP contribution in [0.15, 0.2) is 17.7 Å². The zero-order valence-corrected chi connectivity index (χ0v) is 17.6. The van der Waals surface area contributed by atoms with Crippen molar-refractivity contribution in [1.29, 1.82) is 0 Å². The summed E-state index contributed by atoms with van der Waals surface area (Å²) in [5, 5.41) is 10.3. The van der Waals surface area contributed by atoms with Crippen LogP contribution in [0.3, 0.4) is 0 Å². The molecule has 0 amide bonds. The predicted molar refractivity (Wildman–Crippen MR) is 112 cm³/mol. The SMILES string of the molecule is C=C(C(C)C)N1CC(C)N(Cc2csc(NCC3CCCN3)n2)CC1C. The zero-order chi connectivity index (χ0) is 18.7. The molecule has 3 unspecified atom stereocenters. The van der Waals surface area contributed by atoms with Crippen LogP contribution in [0.5, 0.6) is 0 Å². The van der Waals surface area contributed by atoms with Crippen LogP contribution >= 0.6 is 11.3 Å². The van der Waals surface area contributed by atoms with Crippen LogP contribution in [0.2, 0.25) is 0 Å². The lowest BCUT2D eigenvalue weighted by atomic mass is 10.0. The minimum atomic E-state index is 0.505. The Bertz CT molecular complexity index is 593. The predicted octanol–water partition coefficient (Wildman–Crippen LogP) is 3.37. The molecule has 2 aliphatic rings. The third-order valence-corrected chi connectivity index (χ3v) is 6.58. The van der Waals surface area contributed by atoms with Gasteiger partial charge in [-0.25, -0.2) is 4.98 Å². The van der Waals surface area contributed by atoms with Crippen molar-refractivity contribution in [2.24, 2.45) is 5.92 Å². The highest BCUT2D eigenvalue weighted by molar-refractivity contribution is 7.13. The van der Waals surface area contributed by atoms with Crippen molar-refractivity contribution in [3.8, 4) is 0 Å². The summed E-state index contributed by atoms with van der Waals surface area (Å²) in [4.78, 5) is 9.87. The van der Waals surface area contributed by atoms with Gasteiger partial charge < -0.3 is 15.5 Å². The van der Waals surface area contributed by atoms with Crippen LogP contribution in [-0.4, -0.2) is 59.1 Å². The van der Waals surface area contributed by atoms with E-state index in [1.807, 2.05) is 0 Å². The second-order valence-corrected chi connectivity index (χ2v) is 9.10. The van der Waals surface area contributed by atoms with E-state index in [2.05, 4.69) is 60.1 Å². The van der Waals surface area contributed by atoms with E-state index in [0.717, 1.165) is 37.9 Å². The summed E-state index contributed by atoms with van der Waals surface area (Å²) < 4.78 is 0. The molecule has 2 fully saturated rings. The van der Waals surface area contributed by atoms with Gasteiger partial charge in [0.05, 0.1) is 5.69 Å². The van der Waals surface area contributed by atoms with E-state index < -0.39 is 0 Å². The summed E-state index contributed by atoms with van der Waals surface area (Å²) >= 11 is 1.73. The first-order valence-corrected chi connectivity index (χ1v) is 10.9. The molecule has 0 aliphatic carbocycles. The number of aromatic nitrogens is 1. The van der Waals surface area contributed by atoms with Crippen molar-refractivity contribution < 1.29 is 0 Å². The number of thiazole rings is 1. The molecule has 3 heterocycles. The topological polar surface area (TPSA) is 43.4 Å². The number of hydrogen-bond acceptors (Lipinski definition) is 6. The maximum absolute atomic E-state index is 4.81. The summed E-state index contributed by atoms with van der Waals surface area (Å²) in [6.45, 7) is 18.6. The number of piperazine rings is 1. The van der Waals surface area contributed by atoms with Crippen molar-refractivity contribution in [3.63, 3.8) is 0 Å². The Morgan fingerprint density at radius 2 is 2.19 bits per heavy atom. The summed E-state index contributed by atoms with van der Waals surface area (Å²) in [7, 11) is 0. The van der Waals surface area contributed by atoms with Crippen LogP contribution < -0.4 is 10.6 Å². The van der Waals surface area contributed by atoms with Crippen molar-refractivity contribution in [2.45, 2.75) is 65.2 Å². The third kappa shape index (κ3) is 4.78. The van der Waals surface area contributed by atoms with Crippen molar-refractivity contribution in [2.75, 3.05) is 31.5 Å².